The molecule has 110 valence electrons. The Balaban J connectivity index is 1.97. The van der Waals surface area contributed by atoms with Gasteiger partial charge in [0, 0.05) is 30.0 Å². The van der Waals surface area contributed by atoms with E-state index >= 15 is 0 Å². The molecule has 0 bridgehead atoms. The van der Waals surface area contributed by atoms with E-state index in [1.807, 2.05) is 35.2 Å². The van der Waals surface area contributed by atoms with Crippen molar-refractivity contribution < 1.29 is 4.79 Å². The molecule has 0 atom stereocenters. The summed E-state index contributed by atoms with van der Waals surface area (Å²) >= 11 is 5.91. The van der Waals surface area contributed by atoms with Crippen molar-refractivity contribution in [3.8, 4) is 0 Å². The summed E-state index contributed by atoms with van der Waals surface area (Å²) in [6.07, 6.45) is 6.30. The first-order valence-corrected chi connectivity index (χ1v) is 8.05. The Kier molecular flexibility index (Phi) is 4.39. The Hall–Kier alpha value is -1.61. The van der Waals surface area contributed by atoms with E-state index in [1.165, 1.54) is 12.8 Å². The molecular weight excluding hydrogens is 284 g/mol. The second kappa shape index (κ2) is 6.44. The lowest BCUT2D eigenvalue weighted by Crippen LogP contribution is -2.40. The number of pyridine rings is 1. The zero-order chi connectivity index (χ0) is 14.7. The fraction of sp³-hybridized carbons (Fsp3) is 0.412. The molecule has 1 aromatic heterocycles. The van der Waals surface area contributed by atoms with Crippen LogP contribution in [0.2, 0.25) is 0 Å². The summed E-state index contributed by atoms with van der Waals surface area (Å²) in [5, 5.41) is 1.00. The summed E-state index contributed by atoms with van der Waals surface area (Å²) in [5.41, 5.74) is 1.47. The lowest BCUT2D eigenvalue weighted by Gasteiger charge is -2.28. The predicted octanol–water partition coefficient (Wildman–Crippen LogP) is 3.86. The van der Waals surface area contributed by atoms with Crippen molar-refractivity contribution in [3.05, 3.63) is 42.1 Å². The number of para-hydroxylation sites is 1. The van der Waals surface area contributed by atoms with Crippen molar-refractivity contribution in [1.29, 1.82) is 0 Å². The molecule has 1 fully saturated rings. The largest absolute Gasteiger partial charge is 0.334 e. The van der Waals surface area contributed by atoms with Gasteiger partial charge in [0.05, 0.1) is 11.1 Å². The third kappa shape index (κ3) is 2.88. The summed E-state index contributed by atoms with van der Waals surface area (Å²) in [5.74, 6) is 0.535. The molecule has 3 rings (SSSR count). The number of fused-ring (bicyclic) bond motifs is 1. The van der Waals surface area contributed by atoms with Gasteiger partial charge in [-0.15, -0.1) is 11.6 Å². The van der Waals surface area contributed by atoms with E-state index in [9.17, 15) is 4.79 Å². The number of amides is 1. The maximum atomic E-state index is 13.0. The molecular formula is C17H19ClN2O. The highest BCUT2D eigenvalue weighted by Crippen LogP contribution is 2.26. The molecule has 0 spiro atoms. The number of carbonyl (C=O) groups excluding carboxylic acids is 1. The molecule has 1 saturated carbocycles. The molecule has 4 heteroatoms. The molecule has 1 aliphatic rings. The molecule has 1 aliphatic carbocycles. The Morgan fingerprint density at radius 3 is 2.76 bits per heavy atom. The topological polar surface area (TPSA) is 33.2 Å². The van der Waals surface area contributed by atoms with Crippen molar-refractivity contribution in [3.63, 3.8) is 0 Å². The van der Waals surface area contributed by atoms with E-state index < -0.39 is 0 Å². The molecule has 1 heterocycles. The SMILES string of the molecule is O=C(c1cccc2cccnc12)N(CCCl)C1CCCC1. The maximum Gasteiger partial charge on any atom is 0.256 e. The van der Waals surface area contributed by atoms with E-state index in [-0.39, 0.29) is 5.91 Å². The Labute approximate surface area is 129 Å². The molecule has 0 N–H and O–H groups in total. The van der Waals surface area contributed by atoms with Gasteiger partial charge in [0.1, 0.15) is 0 Å². The highest BCUT2D eigenvalue weighted by atomic mass is 35.5. The minimum Gasteiger partial charge on any atom is -0.334 e. The monoisotopic (exact) mass is 302 g/mol. The minimum atomic E-state index is 0.0619. The fourth-order valence-electron chi connectivity index (χ4n) is 3.19. The molecule has 0 unspecified atom stereocenters. The number of halogens is 1. The van der Waals surface area contributed by atoms with Crippen LogP contribution in [0.5, 0.6) is 0 Å². The summed E-state index contributed by atoms with van der Waals surface area (Å²) < 4.78 is 0. The van der Waals surface area contributed by atoms with Crippen molar-refractivity contribution in [2.45, 2.75) is 31.7 Å². The highest BCUT2D eigenvalue weighted by molar-refractivity contribution is 6.18. The summed E-state index contributed by atoms with van der Waals surface area (Å²) in [4.78, 5) is 19.3. The minimum absolute atomic E-state index is 0.0619. The van der Waals surface area contributed by atoms with Crippen molar-refractivity contribution in [2.24, 2.45) is 0 Å². The van der Waals surface area contributed by atoms with Crippen LogP contribution in [0.25, 0.3) is 10.9 Å². The van der Waals surface area contributed by atoms with E-state index in [0.29, 0.717) is 24.0 Å². The van der Waals surface area contributed by atoms with Crippen LogP contribution in [0.15, 0.2) is 36.5 Å². The van der Waals surface area contributed by atoms with E-state index in [4.69, 9.17) is 11.6 Å². The maximum absolute atomic E-state index is 13.0. The molecule has 0 saturated heterocycles. The van der Waals surface area contributed by atoms with E-state index in [1.54, 1.807) is 6.20 Å². The highest BCUT2D eigenvalue weighted by Gasteiger charge is 2.27. The van der Waals surface area contributed by atoms with Crippen molar-refractivity contribution in [1.82, 2.24) is 9.88 Å². The van der Waals surface area contributed by atoms with Gasteiger partial charge in [0.2, 0.25) is 0 Å². The first-order valence-electron chi connectivity index (χ1n) is 7.52. The van der Waals surface area contributed by atoms with Crippen molar-refractivity contribution in [2.75, 3.05) is 12.4 Å². The quantitative estimate of drug-likeness (QED) is 0.804. The number of carbonyl (C=O) groups is 1. The van der Waals surface area contributed by atoms with Gasteiger partial charge in [-0.2, -0.15) is 0 Å². The van der Waals surface area contributed by atoms with Crippen LogP contribution >= 0.6 is 11.6 Å². The second-order valence-electron chi connectivity index (χ2n) is 5.51. The lowest BCUT2D eigenvalue weighted by molar-refractivity contribution is 0.0697. The van der Waals surface area contributed by atoms with Crippen LogP contribution in [-0.2, 0) is 0 Å². The molecule has 1 aromatic carbocycles. The third-order valence-corrected chi connectivity index (χ3v) is 4.38. The van der Waals surface area contributed by atoms with Gasteiger partial charge in [-0.25, -0.2) is 0 Å². The first-order chi connectivity index (χ1) is 10.3. The van der Waals surface area contributed by atoms with Crippen LogP contribution in [-0.4, -0.2) is 34.3 Å². The average molecular weight is 303 g/mol. The normalized spacial score (nSPS) is 15.5. The summed E-state index contributed by atoms with van der Waals surface area (Å²) in [7, 11) is 0. The number of rotatable bonds is 4. The third-order valence-electron chi connectivity index (χ3n) is 4.21. The predicted molar refractivity (Wildman–Crippen MR) is 85.8 cm³/mol. The van der Waals surface area contributed by atoms with Gasteiger partial charge in [-0.05, 0) is 25.0 Å². The van der Waals surface area contributed by atoms with E-state index in [2.05, 4.69) is 4.98 Å². The van der Waals surface area contributed by atoms with Gasteiger partial charge in [-0.3, -0.25) is 9.78 Å². The van der Waals surface area contributed by atoms with Crippen LogP contribution in [0.3, 0.4) is 0 Å². The van der Waals surface area contributed by atoms with Crippen LogP contribution in [0.1, 0.15) is 36.0 Å². The summed E-state index contributed by atoms with van der Waals surface area (Å²) in [6, 6.07) is 9.99. The number of hydrogen-bond donors (Lipinski definition) is 0. The number of alkyl halides is 1. The van der Waals surface area contributed by atoms with Gasteiger partial charge < -0.3 is 4.90 Å². The Morgan fingerprint density at radius 1 is 1.24 bits per heavy atom. The molecule has 0 aliphatic heterocycles. The van der Waals surface area contributed by atoms with Crippen LogP contribution < -0.4 is 0 Å². The first kappa shape index (κ1) is 14.3. The average Bonchev–Trinajstić information content (AvgIpc) is 3.05. The zero-order valence-corrected chi connectivity index (χ0v) is 12.7. The molecule has 3 nitrogen and oxygen atoms in total. The molecule has 2 aromatic rings. The van der Waals surface area contributed by atoms with Gasteiger partial charge in [0.25, 0.3) is 5.91 Å². The number of aromatic nitrogens is 1. The smallest absolute Gasteiger partial charge is 0.256 e. The van der Waals surface area contributed by atoms with Crippen molar-refractivity contribution >= 4 is 28.4 Å². The van der Waals surface area contributed by atoms with Gasteiger partial charge >= 0.3 is 0 Å². The van der Waals surface area contributed by atoms with Crippen LogP contribution in [0.4, 0.5) is 0 Å². The van der Waals surface area contributed by atoms with Crippen LogP contribution in [0, 0.1) is 0 Å². The second-order valence-corrected chi connectivity index (χ2v) is 5.88. The van der Waals surface area contributed by atoms with Gasteiger partial charge in [0.15, 0.2) is 0 Å². The zero-order valence-electron chi connectivity index (χ0n) is 12.0. The Bertz CT molecular complexity index is 632. The lowest BCUT2D eigenvalue weighted by atomic mass is 10.1. The number of nitrogens with zero attached hydrogens (tertiary/aromatic N) is 2. The number of hydrogen-bond acceptors (Lipinski definition) is 2. The summed E-state index contributed by atoms with van der Waals surface area (Å²) in [6.45, 7) is 0.605. The van der Waals surface area contributed by atoms with Gasteiger partial charge in [-0.1, -0.05) is 31.0 Å². The standard InChI is InChI=1S/C17H19ClN2O/c18-10-12-20(14-7-1-2-8-14)17(21)15-9-3-5-13-6-4-11-19-16(13)15/h3-6,9,11,14H,1-2,7-8,10,12H2. The molecule has 21 heavy (non-hydrogen) atoms. The molecule has 1 amide bonds. The number of benzene rings is 1. The molecule has 0 radical (unpaired) electrons. The van der Waals surface area contributed by atoms with E-state index in [0.717, 1.165) is 23.7 Å². The Morgan fingerprint density at radius 2 is 2.00 bits per heavy atom. The fourth-order valence-corrected chi connectivity index (χ4v) is 3.37.